The summed E-state index contributed by atoms with van der Waals surface area (Å²) in [5.41, 5.74) is 1.88. The van der Waals surface area contributed by atoms with Crippen LogP contribution < -0.4 is 15.4 Å². The largest absolute Gasteiger partial charge is 0.491 e. The molecule has 0 heterocycles. The van der Waals surface area contributed by atoms with E-state index < -0.39 is 11.7 Å². The number of halogens is 2. The van der Waals surface area contributed by atoms with Crippen LogP contribution in [0, 0.1) is 5.82 Å². The summed E-state index contributed by atoms with van der Waals surface area (Å²) < 4.78 is 18.9. The van der Waals surface area contributed by atoms with Crippen molar-refractivity contribution in [2.24, 2.45) is 0 Å². The first kappa shape index (κ1) is 22.3. The Hall–Kier alpha value is -3.38. The first-order valence-corrected chi connectivity index (χ1v) is 10.2. The second-order valence-corrected chi connectivity index (χ2v) is 7.17. The molecule has 0 aliphatic rings. The molecule has 0 saturated heterocycles. The molecule has 0 atom stereocenters. The maximum Gasteiger partial charge on any atom is 0.252 e. The number of rotatable bonds is 9. The Bertz CT molecular complexity index is 1040. The predicted octanol–water partition coefficient (Wildman–Crippen LogP) is 4.86. The molecular weight excluding hydrogens is 419 g/mol. The van der Waals surface area contributed by atoms with Crippen LogP contribution in [0.15, 0.2) is 72.8 Å². The van der Waals surface area contributed by atoms with E-state index in [2.05, 4.69) is 10.6 Å². The van der Waals surface area contributed by atoms with Crippen molar-refractivity contribution in [2.45, 2.75) is 12.8 Å². The Kier molecular flexibility index (Phi) is 8.01. The maximum atomic E-state index is 13.1. The fourth-order valence-corrected chi connectivity index (χ4v) is 3.14. The van der Waals surface area contributed by atoms with Gasteiger partial charge in [-0.05, 0) is 35.9 Å². The molecular formula is C24H22ClFN2O3. The van der Waals surface area contributed by atoms with Gasteiger partial charge in [-0.15, -0.1) is 0 Å². The molecule has 0 radical (unpaired) electrons. The summed E-state index contributed by atoms with van der Waals surface area (Å²) in [6.07, 6.45) is 0.810. The van der Waals surface area contributed by atoms with Gasteiger partial charge in [-0.1, -0.05) is 54.1 Å². The third-order valence-electron chi connectivity index (χ3n) is 4.47. The highest BCUT2D eigenvalue weighted by Gasteiger charge is 2.12. The van der Waals surface area contributed by atoms with Crippen molar-refractivity contribution in [3.05, 3.63) is 94.8 Å². The average Bonchev–Trinajstić information content (AvgIpc) is 2.75. The van der Waals surface area contributed by atoms with Gasteiger partial charge < -0.3 is 15.4 Å². The van der Waals surface area contributed by atoms with Gasteiger partial charge in [-0.25, -0.2) is 4.39 Å². The molecule has 0 unspecified atom stereocenters. The zero-order chi connectivity index (χ0) is 22.1. The molecule has 0 bridgehead atoms. The van der Waals surface area contributed by atoms with Crippen LogP contribution in [0.4, 0.5) is 10.1 Å². The van der Waals surface area contributed by atoms with Crippen molar-refractivity contribution in [3.63, 3.8) is 0 Å². The van der Waals surface area contributed by atoms with Crippen molar-refractivity contribution in [1.82, 2.24) is 5.32 Å². The minimum absolute atomic E-state index is 0.0172. The molecule has 7 heteroatoms. The van der Waals surface area contributed by atoms with Crippen molar-refractivity contribution in [1.29, 1.82) is 0 Å². The van der Waals surface area contributed by atoms with Crippen molar-refractivity contribution in [2.75, 3.05) is 18.5 Å². The lowest BCUT2D eigenvalue weighted by atomic mass is 10.2. The number of amides is 2. The second kappa shape index (κ2) is 11.1. The average molecular weight is 441 g/mol. The zero-order valence-corrected chi connectivity index (χ0v) is 17.5. The Labute approximate surface area is 185 Å². The summed E-state index contributed by atoms with van der Waals surface area (Å²) in [6.45, 7) is 0.584. The number of hydrogen-bond donors (Lipinski definition) is 2. The molecule has 0 fully saturated rings. The third kappa shape index (κ3) is 6.83. The first-order valence-electron chi connectivity index (χ1n) is 9.82. The van der Waals surface area contributed by atoms with Crippen LogP contribution in [0.2, 0.25) is 5.02 Å². The number of ether oxygens (including phenoxy) is 1. The van der Waals surface area contributed by atoms with Crippen molar-refractivity contribution < 1.29 is 18.7 Å². The molecule has 0 spiro atoms. The topological polar surface area (TPSA) is 67.4 Å². The van der Waals surface area contributed by atoms with E-state index in [0.717, 1.165) is 18.6 Å². The predicted molar refractivity (Wildman–Crippen MR) is 119 cm³/mol. The molecule has 0 saturated carbocycles. The van der Waals surface area contributed by atoms with Crippen LogP contribution in [0.3, 0.4) is 0 Å². The van der Waals surface area contributed by atoms with Crippen LogP contribution in [0.25, 0.3) is 0 Å². The van der Waals surface area contributed by atoms with E-state index in [9.17, 15) is 14.0 Å². The Morgan fingerprint density at radius 2 is 1.71 bits per heavy atom. The number of nitrogens with one attached hydrogen (secondary N) is 2. The molecule has 0 aliphatic carbocycles. The number of para-hydroxylation sites is 2. The van der Waals surface area contributed by atoms with Crippen molar-refractivity contribution in [3.8, 4) is 5.75 Å². The Morgan fingerprint density at radius 3 is 2.48 bits per heavy atom. The molecule has 31 heavy (non-hydrogen) atoms. The van der Waals surface area contributed by atoms with Crippen LogP contribution in [-0.4, -0.2) is 25.0 Å². The number of hydrogen-bond acceptors (Lipinski definition) is 3. The molecule has 2 N–H and O–H groups in total. The quantitative estimate of drug-likeness (QED) is 0.499. The van der Waals surface area contributed by atoms with Gasteiger partial charge in [0.15, 0.2) is 0 Å². The van der Waals surface area contributed by atoms with E-state index in [1.165, 1.54) is 11.6 Å². The third-order valence-corrected chi connectivity index (χ3v) is 4.78. The lowest BCUT2D eigenvalue weighted by Crippen LogP contribution is -2.28. The highest BCUT2D eigenvalue weighted by molar-refractivity contribution is 6.33. The van der Waals surface area contributed by atoms with E-state index in [-0.39, 0.29) is 29.5 Å². The van der Waals surface area contributed by atoms with E-state index in [0.29, 0.717) is 18.0 Å². The second-order valence-electron chi connectivity index (χ2n) is 6.76. The van der Waals surface area contributed by atoms with Gasteiger partial charge in [-0.2, -0.15) is 0 Å². The van der Waals surface area contributed by atoms with E-state index in [1.54, 1.807) is 18.2 Å². The van der Waals surface area contributed by atoms with Crippen LogP contribution in [0.1, 0.15) is 22.3 Å². The molecule has 3 aromatic rings. The number of carbonyl (C=O) groups is 2. The highest BCUT2D eigenvalue weighted by atomic mass is 35.5. The molecule has 3 aromatic carbocycles. The lowest BCUT2D eigenvalue weighted by Gasteiger charge is -2.13. The number of carbonyl (C=O) groups excluding carboxylic acids is 2. The van der Waals surface area contributed by atoms with E-state index >= 15 is 0 Å². The number of anilines is 1. The van der Waals surface area contributed by atoms with Crippen molar-refractivity contribution >= 4 is 29.1 Å². The lowest BCUT2D eigenvalue weighted by molar-refractivity contribution is -0.116. The minimum Gasteiger partial charge on any atom is -0.491 e. The molecule has 0 aliphatic heterocycles. The number of benzene rings is 3. The highest BCUT2D eigenvalue weighted by Crippen LogP contribution is 2.24. The summed E-state index contributed by atoms with van der Waals surface area (Å²) in [5, 5.41) is 5.42. The van der Waals surface area contributed by atoms with Gasteiger partial charge in [0.1, 0.15) is 11.6 Å². The van der Waals surface area contributed by atoms with Crippen LogP contribution in [0.5, 0.6) is 5.75 Å². The van der Waals surface area contributed by atoms with Gasteiger partial charge in [0.2, 0.25) is 5.91 Å². The van der Waals surface area contributed by atoms with Crippen LogP contribution >= 0.6 is 11.6 Å². The first-order chi connectivity index (χ1) is 15.0. The van der Waals surface area contributed by atoms with E-state index in [4.69, 9.17) is 16.3 Å². The summed E-state index contributed by atoms with van der Waals surface area (Å²) >= 11 is 5.88. The van der Waals surface area contributed by atoms with Gasteiger partial charge in [0.25, 0.3) is 5.91 Å². The van der Waals surface area contributed by atoms with E-state index in [1.807, 2.05) is 36.4 Å². The SMILES string of the molecule is O=C(CCNC(=O)c1ccc(F)cc1Cl)Nc1ccccc1OCCc1ccccc1. The summed E-state index contributed by atoms with van der Waals surface area (Å²) in [7, 11) is 0. The van der Waals surface area contributed by atoms with Gasteiger partial charge in [0, 0.05) is 19.4 Å². The standard InChI is InChI=1S/C24H22ClFN2O3/c25-20-16-18(26)10-11-19(20)24(30)27-14-12-23(29)28-21-8-4-5-9-22(21)31-15-13-17-6-2-1-3-7-17/h1-11,16H,12-15H2,(H,27,30)(H,28,29). The van der Waals surface area contributed by atoms with Gasteiger partial charge in [0.05, 0.1) is 22.9 Å². The van der Waals surface area contributed by atoms with Gasteiger partial charge in [-0.3, -0.25) is 9.59 Å². The molecule has 5 nitrogen and oxygen atoms in total. The van der Waals surface area contributed by atoms with Crippen LogP contribution in [-0.2, 0) is 11.2 Å². The van der Waals surface area contributed by atoms with Gasteiger partial charge >= 0.3 is 0 Å². The molecule has 160 valence electrons. The summed E-state index contributed by atoms with van der Waals surface area (Å²) in [6, 6.07) is 20.7. The Balaban J connectivity index is 1.47. The Morgan fingerprint density at radius 1 is 0.968 bits per heavy atom. The monoisotopic (exact) mass is 440 g/mol. The molecule has 3 rings (SSSR count). The fourth-order valence-electron chi connectivity index (χ4n) is 2.89. The minimum atomic E-state index is -0.523. The summed E-state index contributed by atoms with van der Waals surface area (Å²) in [5.74, 6) is -0.688. The smallest absolute Gasteiger partial charge is 0.252 e. The summed E-state index contributed by atoms with van der Waals surface area (Å²) in [4.78, 5) is 24.4. The fraction of sp³-hybridized carbons (Fsp3) is 0.167. The molecule has 2 amide bonds. The maximum absolute atomic E-state index is 13.1. The molecule has 0 aromatic heterocycles. The zero-order valence-electron chi connectivity index (χ0n) is 16.7. The normalized spacial score (nSPS) is 10.4.